The second kappa shape index (κ2) is 6.66. The van der Waals surface area contributed by atoms with E-state index in [1.807, 2.05) is 0 Å². The largest absolute Gasteiger partial charge is 0.364 e. The zero-order valence-electron chi connectivity index (χ0n) is 9.02. The lowest BCUT2D eigenvalue weighted by atomic mass is 10.2. The number of hydrogen-bond donors (Lipinski definition) is 1. The lowest BCUT2D eigenvalue weighted by Gasteiger charge is -2.05. The van der Waals surface area contributed by atoms with Crippen LogP contribution in [-0.4, -0.2) is 21.4 Å². The summed E-state index contributed by atoms with van der Waals surface area (Å²) in [5, 5.41) is 13.4. The lowest BCUT2D eigenvalue weighted by Crippen LogP contribution is -2.07. The van der Waals surface area contributed by atoms with Gasteiger partial charge in [0.05, 0.1) is 4.92 Å². The molecule has 0 bridgehead atoms. The van der Waals surface area contributed by atoms with Crippen molar-refractivity contribution in [1.82, 2.24) is 9.97 Å². The average molecular weight is 255 g/mol. The predicted octanol–water partition coefficient (Wildman–Crippen LogP) is 2.25. The van der Waals surface area contributed by atoms with E-state index in [9.17, 15) is 10.1 Å². The van der Waals surface area contributed by atoms with Crippen molar-refractivity contribution in [2.24, 2.45) is 0 Å². The molecule has 6 nitrogen and oxygen atoms in total. The fourth-order valence-electron chi connectivity index (χ4n) is 1.21. The Balaban J connectivity index is 2.62. The third-order valence-electron chi connectivity index (χ3n) is 2.00. The minimum atomic E-state index is -0.605. The summed E-state index contributed by atoms with van der Waals surface area (Å²) in [6.45, 7) is 0.551. The Morgan fingerprint density at radius 1 is 1.53 bits per heavy atom. The molecule has 0 amide bonds. The van der Waals surface area contributed by atoms with Gasteiger partial charge in [0.2, 0.25) is 11.0 Å². The molecular formula is C10H11ClN4O2. The van der Waals surface area contributed by atoms with Crippen LogP contribution in [0.5, 0.6) is 0 Å². The van der Waals surface area contributed by atoms with Gasteiger partial charge >= 0.3 is 5.69 Å². The Bertz CT molecular complexity index is 444. The number of aromatic nitrogens is 2. The number of rotatable bonds is 6. The van der Waals surface area contributed by atoms with Gasteiger partial charge in [-0.1, -0.05) is 11.6 Å². The van der Waals surface area contributed by atoms with Gasteiger partial charge in [-0.25, -0.2) is 9.97 Å². The first kappa shape index (κ1) is 13.2. The Morgan fingerprint density at radius 2 is 2.29 bits per heavy atom. The molecule has 0 fully saturated rings. The van der Waals surface area contributed by atoms with Crippen molar-refractivity contribution >= 4 is 23.1 Å². The van der Waals surface area contributed by atoms with Crippen molar-refractivity contribution in [2.45, 2.75) is 19.3 Å². The summed E-state index contributed by atoms with van der Waals surface area (Å²) in [5.74, 6) is 2.66. The van der Waals surface area contributed by atoms with E-state index in [0.717, 1.165) is 12.8 Å². The fraction of sp³-hybridized carbons (Fsp3) is 0.400. The highest BCUT2D eigenvalue weighted by Crippen LogP contribution is 2.28. The minimum Gasteiger partial charge on any atom is -0.364 e. The monoisotopic (exact) mass is 254 g/mol. The van der Waals surface area contributed by atoms with Gasteiger partial charge in [-0.2, -0.15) is 0 Å². The molecule has 90 valence electrons. The van der Waals surface area contributed by atoms with Gasteiger partial charge in [0, 0.05) is 13.0 Å². The number of anilines is 1. The summed E-state index contributed by atoms with van der Waals surface area (Å²) in [6, 6.07) is 0. The topological polar surface area (TPSA) is 81.0 Å². The molecule has 0 atom stereocenters. The Hall–Kier alpha value is -1.87. The summed E-state index contributed by atoms with van der Waals surface area (Å²) in [6.07, 6.45) is 8.64. The van der Waals surface area contributed by atoms with Crippen LogP contribution in [0, 0.1) is 22.5 Å². The molecule has 1 aromatic heterocycles. The number of nitrogens with zero attached hydrogens (tertiary/aromatic N) is 3. The van der Waals surface area contributed by atoms with E-state index in [4.69, 9.17) is 18.0 Å². The third kappa shape index (κ3) is 3.89. The van der Waals surface area contributed by atoms with Crippen LogP contribution >= 0.6 is 11.6 Å². The van der Waals surface area contributed by atoms with Crippen LogP contribution in [0.4, 0.5) is 11.5 Å². The predicted molar refractivity (Wildman–Crippen MR) is 64.9 cm³/mol. The van der Waals surface area contributed by atoms with E-state index in [1.165, 1.54) is 6.33 Å². The molecule has 0 unspecified atom stereocenters. The highest BCUT2D eigenvalue weighted by atomic mass is 35.5. The SMILES string of the molecule is C#CCCCCNc1ncnc(Cl)c1[N+](=O)[O-]. The molecule has 1 aromatic rings. The van der Waals surface area contributed by atoms with Crippen molar-refractivity contribution in [3.05, 3.63) is 21.6 Å². The molecule has 0 aromatic carbocycles. The van der Waals surface area contributed by atoms with Crippen LogP contribution in [0.2, 0.25) is 5.15 Å². The summed E-state index contributed by atoms with van der Waals surface area (Å²) in [4.78, 5) is 17.5. The highest BCUT2D eigenvalue weighted by Gasteiger charge is 2.20. The minimum absolute atomic E-state index is 0.135. The number of hydrogen-bond acceptors (Lipinski definition) is 5. The number of terminal acetylenes is 1. The second-order valence-electron chi connectivity index (χ2n) is 3.21. The Kier molecular flexibility index (Phi) is 5.17. The van der Waals surface area contributed by atoms with Crippen LogP contribution < -0.4 is 5.32 Å². The highest BCUT2D eigenvalue weighted by molar-refractivity contribution is 6.31. The fourth-order valence-corrected chi connectivity index (χ4v) is 1.41. The molecule has 7 heteroatoms. The molecule has 1 rings (SSSR count). The molecule has 0 saturated carbocycles. The maximum absolute atomic E-state index is 10.8. The number of halogens is 1. The van der Waals surface area contributed by atoms with Gasteiger partial charge in [0.25, 0.3) is 0 Å². The van der Waals surface area contributed by atoms with E-state index in [1.54, 1.807) is 0 Å². The molecule has 0 aliphatic carbocycles. The summed E-state index contributed by atoms with van der Waals surface area (Å²) >= 11 is 5.63. The van der Waals surface area contributed by atoms with Crippen molar-refractivity contribution in [3.8, 4) is 12.3 Å². The van der Waals surface area contributed by atoms with E-state index in [0.29, 0.717) is 13.0 Å². The van der Waals surface area contributed by atoms with E-state index in [2.05, 4.69) is 21.2 Å². The Labute approximate surface area is 104 Å². The zero-order valence-corrected chi connectivity index (χ0v) is 9.78. The van der Waals surface area contributed by atoms with Crippen molar-refractivity contribution < 1.29 is 4.92 Å². The molecule has 17 heavy (non-hydrogen) atoms. The van der Waals surface area contributed by atoms with Gasteiger partial charge in [-0.3, -0.25) is 10.1 Å². The standard InChI is InChI=1S/C10H11ClN4O2/c1-2-3-4-5-6-12-10-8(15(16)17)9(11)13-7-14-10/h1,7H,3-6H2,(H,12,13,14). The van der Waals surface area contributed by atoms with E-state index >= 15 is 0 Å². The molecule has 0 saturated heterocycles. The Morgan fingerprint density at radius 3 is 2.94 bits per heavy atom. The number of nitro groups is 1. The van der Waals surface area contributed by atoms with E-state index < -0.39 is 4.92 Å². The smallest absolute Gasteiger partial charge is 0.348 e. The van der Waals surface area contributed by atoms with Gasteiger partial charge in [-0.05, 0) is 12.8 Å². The molecule has 0 aliphatic heterocycles. The normalized spacial score (nSPS) is 9.65. The first-order valence-electron chi connectivity index (χ1n) is 4.99. The molecule has 0 aliphatic rings. The average Bonchev–Trinajstić information content (AvgIpc) is 2.28. The van der Waals surface area contributed by atoms with Gasteiger partial charge in [0.15, 0.2) is 0 Å². The van der Waals surface area contributed by atoms with Gasteiger partial charge in [-0.15, -0.1) is 12.3 Å². The molecule has 0 spiro atoms. The first-order valence-corrected chi connectivity index (χ1v) is 5.37. The van der Waals surface area contributed by atoms with Crippen molar-refractivity contribution in [3.63, 3.8) is 0 Å². The molecule has 1 heterocycles. The third-order valence-corrected chi connectivity index (χ3v) is 2.28. The summed E-state index contributed by atoms with van der Waals surface area (Å²) < 4.78 is 0. The number of unbranched alkanes of at least 4 members (excludes halogenated alkanes) is 2. The first-order chi connectivity index (χ1) is 8.16. The second-order valence-corrected chi connectivity index (χ2v) is 3.56. The number of nitrogens with one attached hydrogen (secondary N) is 1. The van der Waals surface area contributed by atoms with Crippen molar-refractivity contribution in [2.75, 3.05) is 11.9 Å². The maximum Gasteiger partial charge on any atom is 0.348 e. The molecular weight excluding hydrogens is 244 g/mol. The van der Waals surface area contributed by atoms with Gasteiger partial charge < -0.3 is 5.32 Å². The van der Waals surface area contributed by atoms with E-state index in [-0.39, 0.29) is 16.7 Å². The molecule has 1 N–H and O–H groups in total. The van der Waals surface area contributed by atoms with Crippen LogP contribution in [0.3, 0.4) is 0 Å². The van der Waals surface area contributed by atoms with Crippen molar-refractivity contribution in [1.29, 1.82) is 0 Å². The quantitative estimate of drug-likeness (QED) is 0.277. The van der Waals surface area contributed by atoms with Gasteiger partial charge in [0.1, 0.15) is 6.33 Å². The van der Waals surface area contributed by atoms with Crippen LogP contribution in [-0.2, 0) is 0 Å². The van der Waals surface area contributed by atoms with Crippen LogP contribution in [0.25, 0.3) is 0 Å². The van der Waals surface area contributed by atoms with Crippen LogP contribution in [0.15, 0.2) is 6.33 Å². The van der Waals surface area contributed by atoms with Crippen LogP contribution in [0.1, 0.15) is 19.3 Å². The zero-order chi connectivity index (χ0) is 12.7. The lowest BCUT2D eigenvalue weighted by molar-refractivity contribution is -0.384. The summed E-state index contributed by atoms with van der Waals surface area (Å²) in [5.41, 5.74) is -0.300. The molecule has 0 radical (unpaired) electrons. The maximum atomic E-state index is 10.8. The summed E-state index contributed by atoms with van der Waals surface area (Å²) in [7, 11) is 0.